The minimum Gasteiger partial charge on any atom is -0.355 e. The van der Waals surface area contributed by atoms with Gasteiger partial charge in [-0.2, -0.15) is 11.8 Å². The highest BCUT2D eigenvalue weighted by atomic mass is 127. The molecule has 1 atom stereocenters. The molecule has 8 heteroatoms. The van der Waals surface area contributed by atoms with Gasteiger partial charge in [0.1, 0.15) is 0 Å². The molecule has 3 aliphatic rings. The quantitative estimate of drug-likeness (QED) is 0.330. The molecule has 0 aromatic heterocycles. The number of rotatable bonds is 5. The zero-order chi connectivity index (χ0) is 19.1. The topological polar surface area (TPSA) is 60.0 Å². The van der Waals surface area contributed by atoms with Crippen LogP contribution in [0.4, 0.5) is 0 Å². The van der Waals surface area contributed by atoms with Gasteiger partial charge in [-0.3, -0.25) is 14.7 Å². The molecule has 2 aliphatic heterocycles. The lowest BCUT2D eigenvalue weighted by molar-refractivity contribution is -0.129. The lowest BCUT2D eigenvalue weighted by atomic mass is 9.80. The Bertz CT molecular complexity index is 521. The summed E-state index contributed by atoms with van der Waals surface area (Å²) in [5.41, 5.74) is 0.288. The van der Waals surface area contributed by atoms with Gasteiger partial charge in [-0.05, 0) is 19.3 Å². The average molecular weight is 524 g/mol. The van der Waals surface area contributed by atoms with Crippen LogP contribution in [0.5, 0.6) is 0 Å². The minimum atomic E-state index is 0. The number of carbonyl (C=O) groups excluding carboxylic acids is 1. The number of carbonyl (C=O) groups is 1. The number of guanidine groups is 1. The summed E-state index contributed by atoms with van der Waals surface area (Å²) in [6.45, 7) is 7.00. The van der Waals surface area contributed by atoms with Gasteiger partial charge in [-0.25, -0.2) is 0 Å². The van der Waals surface area contributed by atoms with Gasteiger partial charge < -0.3 is 15.5 Å². The van der Waals surface area contributed by atoms with E-state index in [2.05, 4.69) is 32.3 Å². The lowest BCUT2D eigenvalue weighted by Gasteiger charge is -2.48. The Morgan fingerprint density at radius 2 is 1.89 bits per heavy atom. The van der Waals surface area contributed by atoms with E-state index in [1.165, 1.54) is 56.7 Å². The van der Waals surface area contributed by atoms with Gasteiger partial charge in [-0.15, -0.1) is 24.0 Å². The monoisotopic (exact) mass is 523 g/mol. The van der Waals surface area contributed by atoms with Gasteiger partial charge in [-0.1, -0.05) is 26.2 Å². The van der Waals surface area contributed by atoms with Crippen LogP contribution >= 0.6 is 35.7 Å². The van der Waals surface area contributed by atoms with E-state index in [1.54, 1.807) is 0 Å². The first-order valence-electron chi connectivity index (χ1n) is 10.7. The van der Waals surface area contributed by atoms with Gasteiger partial charge in [0.15, 0.2) is 5.96 Å². The second-order valence-corrected chi connectivity index (χ2v) is 9.36. The van der Waals surface area contributed by atoms with Crippen molar-refractivity contribution in [2.24, 2.45) is 4.99 Å². The van der Waals surface area contributed by atoms with E-state index in [-0.39, 0.29) is 35.4 Å². The molecule has 3 fully saturated rings. The van der Waals surface area contributed by atoms with E-state index in [0.29, 0.717) is 12.5 Å². The number of likely N-dealkylation sites (tertiary alicyclic amines) is 1. The highest BCUT2D eigenvalue weighted by molar-refractivity contribution is 14.0. The van der Waals surface area contributed by atoms with Crippen LogP contribution in [0, 0.1) is 0 Å². The number of nitrogens with zero attached hydrogens (tertiary/aromatic N) is 3. The third kappa shape index (κ3) is 6.14. The number of thioether (sulfide) groups is 1. The molecule has 0 aromatic carbocycles. The van der Waals surface area contributed by atoms with Crippen molar-refractivity contribution < 1.29 is 4.79 Å². The number of halogens is 1. The summed E-state index contributed by atoms with van der Waals surface area (Å²) in [7, 11) is 1.85. The van der Waals surface area contributed by atoms with Crippen molar-refractivity contribution in [3.63, 3.8) is 0 Å². The fourth-order valence-corrected chi connectivity index (χ4v) is 5.72. The summed E-state index contributed by atoms with van der Waals surface area (Å²) in [4.78, 5) is 21.1. The van der Waals surface area contributed by atoms with E-state index in [4.69, 9.17) is 0 Å². The Morgan fingerprint density at radius 3 is 2.54 bits per heavy atom. The summed E-state index contributed by atoms with van der Waals surface area (Å²) in [5.74, 6) is 3.67. The second-order valence-electron chi connectivity index (χ2n) is 8.13. The van der Waals surface area contributed by atoms with E-state index in [0.717, 1.165) is 32.0 Å². The van der Waals surface area contributed by atoms with Crippen LogP contribution in [0.25, 0.3) is 0 Å². The van der Waals surface area contributed by atoms with E-state index in [9.17, 15) is 4.79 Å². The maximum absolute atomic E-state index is 11.9. The first-order valence-corrected chi connectivity index (χ1v) is 11.9. The van der Waals surface area contributed by atoms with E-state index < -0.39 is 0 Å². The molecule has 6 nitrogen and oxygen atoms in total. The first kappa shape index (κ1) is 24.1. The van der Waals surface area contributed by atoms with Crippen LogP contribution in [-0.2, 0) is 4.79 Å². The molecular formula is C20H38IN5OS. The van der Waals surface area contributed by atoms with Crippen LogP contribution in [-0.4, -0.2) is 84.5 Å². The molecular weight excluding hydrogens is 485 g/mol. The Kier molecular flexibility index (Phi) is 10.2. The zero-order valence-corrected chi connectivity index (χ0v) is 20.7. The minimum absolute atomic E-state index is 0. The smallest absolute Gasteiger partial charge is 0.222 e. The molecule has 1 amide bonds. The number of hydrogen-bond donors (Lipinski definition) is 2. The second kappa shape index (κ2) is 11.8. The summed E-state index contributed by atoms with van der Waals surface area (Å²) in [6.07, 6.45) is 8.24. The highest BCUT2D eigenvalue weighted by Gasteiger charge is 2.38. The molecule has 0 spiro atoms. The fraction of sp³-hybridized carbons (Fsp3) is 0.900. The van der Waals surface area contributed by atoms with Crippen molar-refractivity contribution >= 4 is 47.6 Å². The van der Waals surface area contributed by atoms with Crippen LogP contribution in [0.15, 0.2) is 4.99 Å². The summed E-state index contributed by atoms with van der Waals surface area (Å²) >= 11 is 2.09. The lowest BCUT2D eigenvalue weighted by Crippen LogP contribution is -2.60. The molecule has 1 unspecified atom stereocenters. The Hall–Kier alpha value is -0.220. The average Bonchev–Trinajstić information content (AvgIpc) is 3.20. The van der Waals surface area contributed by atoms with Gasteiger partial charge in [0.25, 0.3) is 0 Å². The van der Waals surface area contributed by atoms with Crippen molar-refractivity contribution in [3.05, 3.63) is 0 Å². The number of nitrogens with one attached hydrogen (secondary N) is 2. The van der Waals surface area contributed by atoms with Gasteiger partial charge >= 0.3 is 0 Å². The van der Waals surface area contributed by atoms with Crippen molar-refractivity contribution in [1.82, 2.24) is 20.4 Å². The van der Waals surface area contributed by atoms with Crippen LogP contribution in [0.2, 0.25) is 0 Å². The van der Waals surface area contributed by atoms with Gasteiger partial charge in [0, 0.05) is 69.3 Å². The SMILES string of the molecule is CCC(=O)N1CCC(NC(=NC)NCC2(N3CCSCC3)CCCCC2)C1.I. The summed E-state index contributed by atoms with van der Waals surface area (Å²) < 4.78 is 0. The molecule has 1 aliphatic carbocycles. The van der Waals surface area contributed by atoms with Crippen molar-refractivity contribution in [2.75, 3.05) is 51.3 Å². The standard InChI is InChI=1S/C20H37N5OS.HI/c1-3-18(26)24-10-7-17(15-24)23-19(21-2)22-16-20(8-5-4-6-9-20)25-11-13-27-14-12-25;/h17H,3-16H2,1-2H3,(H2,21,22,23);1H. The van der Waals surface area contributed by atoms with Crippen molar-refractivity contribution in [1.29, 1.82) is 0 Å². The fourth-order valence-electron chi connectivity index (χ4n) is 4.82. The predicted octanol–water partition coefficient (Wildman–Crippen LogP) is 2.53. The number of hydrogen-bond acceptors (Lipinski definition) is 4. The number of amides is 1. The zero-order valence-electron chi connectivity index (χ0n) is 17.5. The Labute approximate surface area is 192 Å². The molecule has 3 rings (SSSR count). The normalized spacial score (nSPS) is 25.9. The molecule has 0 radical (unpaired) electrons. The summed E-state index contributed by atoms with van der Waals surface area (Å²) in [6, 6.07) is 0.306. The van der Waals surface area contributed by atoms with Crippen molar-refractivity contribution in [3.8, 4) is 0 Å². The molecule has 28 heavy (non-hydrogen) atoms. The molecule has 0 bridgehead atoms. The van der Waals surface area contributed by atoms with Crippen LogP contribution < -0.4 is 10.6 Å². The highest BCUT2D eigenvalue weighted by Crippen LogP contribution is 2.34. The third-order valence-electron chi connectivity index (χ3n) is 6.46. The molecule has 2 heterocycles. The third-order valence-corrected chi connectivity index (χ3v) is 7.40. The van der Waals surface area contributed by atoms with Gasteiger partial charge in [0.05, 0.1) is 0 Å². The summed E-state index contributed by atoms with van der Waals surface area (Å²) in [5, 5.41) is 7.21. The van der Waals surface area contributed by atoms with Crippen molar-refractivity contribution in [2.45, 2.75) is 63.5 Å². The molecule has 162 valence electrons. The number of aliphatic imine (C=N–C) groups is 1. The first-order chi connectivity index (χ1) is 13.2. The van der Waals surface area contributed by atoms with E-state index in [1.807, 2.05) is 18.9 Å². The maximum Gasteiger partial charge on any atom is 0.222 e. The molecule has 0 aromatic rings. The van der Waals surface area contributed by atoms with Crippen LogP contribution in [0.1, 0.15) is 51.9 Å². The van der Waals surface area contributed by atoms with Crippen LogP contribution in [0.3, 0.4) is 0 Å². The molecule has 1 saturated carbocycles. The predicted molar refractivity (Wildman–Crippen MR) is 130 cm³/mol. The Morgan fingerprint density at radius 1 is 1.18 bits per heavy atom. The maximum atomic E-state index is 11.9. The van der Waals surface area contributed by atoms with Gasteiger partial charge in [0.2, 0.25) is 5.91 Å². The Balaban J connectivity index is 0.00000280. The molecule has 2 saturated heterocycles. The molecule has 2 N–H and O–H groups in total. The van der Waals surface area contributed by atoms with E-state index >= 15 is 0 Å². The largest absolute Gasteiger partial charge is 0.355 e.